The van der Waals surface area contributed by atoms with E-state index in [-0.39, 0.29) is 17.4 Å². The van der Waals surface area contributed by atoms with E-state index in [9.17, 15) is 4.79 Å². The maximum atomic E-state index is 11.3. The molecule has 0 saturated carbocycles. The predicted molar refractivity (Wildman–Crippen MR) is 76.8 cm³/mol. The number of rotatable bonds is 2. The molecule has 0 spiro atoms. The zero-order chi connectivity index (χ0) is 14.8. The Kier molecular flexibility index (Phi) is 3.16. The largest absolute Gasteiger partial charge is 0.438 e. The van der Waals surface area contributed by atoms with Gasteiger partial charge < -0.3 is 15.8 Å². The minimum atomic E-state index is 0.0168. The third-order valence-corrected chi connectivity index (χ3v) is 3.18. The van der Waals surface area contributed by atoms with Crippen LogP contribution >= 0.6 is 0 Å². The summed E-state index contributed by atoms with van der Waals surface area (Å²) in [5.41, 5.74) is 8.08. The van der Waals surface area contributed by atoms with Crippen molar-refractivity contribution in [2.45, 2.75) is 12.8 Å². The Morgan fingerprint density at radius 2 is 2.19 bits per heavy atom. The van der Waals surface area contributed by atoms with Crippen LogP contribution in [-0.4, -0.2) is 10.9 Å². The van der Waals surface area contributed by atoms with Crippen LogP contribution in [0.25, 0.3) is 0 Å². The van der Waals surface area contributed by atoms with E-state index in [2.05, 4.69) is 10.3 Å². The van der Waals surface area contributed by atoms with E-state index in [0.29, 0.717) is 24.3 Å². The molecule has 104 valence electrons. The van der Waals surface area contributed by atoms with Crippen LogP contribution in [0.15, 0.2) is 30.5 Å². The van der Waals surface area contributed by atoms with Gasteiger partial charge in [-0.2, -0.15) is 5.26 Å². The number of amides is 1. The molecule has 0 fully saturated rings. The maximum absolute atomic E-state index is 11.3. The molecule has 6 nitrogen and oxygen atoms in total. The van der Waals surface area contributed by atoms with Crippen molar-refractivity contribution in [1.29, 1.82) is 5.26 Å². The van der Waals surface area contributed by atoms with Crippen molar-refractivity contribution in [2.24, 2.45) is 0 Å². The normalized spacial score (nSPS) is 13.0. The van der Waals surface area contributed by atoms with Crippen molar-refractivity contribution in [2.75, 3.05) is 11.1 Å². The van der Waals surface area contributed by atoms with Crippen molar-refractivity contribution >= 4 is 17.3 Å². The average molecular weight is 280 g/mol. The predicted octanol–water partition coefficient (Wildman–Crippen LogP) is 2.21. The highest BCUT2D eigenvalue weighted by Gasteiger charge is 2.16. The molecule has 2 heterocycles. The molecular formula is C15H12N4O2. The fraction of sp³-hybridized carbons (Fsp3) is 0.133. The number of carbonyl (C=O) groups excluding carboxylic acids is 1. The number of hydrogen-bond donors (Lipinski definition) is 2. The van der Waals surface area contributed by atoms with Crippen LogP contribution in [0, 0.1) is 11.3 Å². The van der Waals surface area contributed by atoms with Gasteiger partial charge in [0.15, 0.2) is 0 Å². The minimum Gasteiger partial charge on any atom is -0.438 e. The van der Waals surface area contributed by atoms with Crippen molar-refractivity contribution in [3.63, 3.8) is 0 Å². The van der Waals surface area contributed by atoms with Gasteiger partial charge in [0.05, 0.1) is 11.9 Å². The number of nitriles is 1. The van der Waals surface area contributed by atoms with Crippen molar-refractivity contribution < 1.29 is 9.53 Å². The third-order valence-electron chi connectivity index (χ3n) is 3.18. The van der Waals surface area contributed by atoms with Gasteiger partial charge in [0, 0.05) is 12.1 Å². The lowest BCUT2D eigenvalue weighted by atomic mass is 10.0. The Hall–Kier alpha value is -3.07. The lowest BCUT2D eigenvalue weighted by molar-refractivity contribution is -0.116. The number of fused-ring (bicyclic) bond motifs is 1. The maximum Gasteiger partial charge on any atom is 0.237 e. The SMILES string of the molecule is N#Cc1cc(N)cnc1Oc1ccc2c(c1)CCC(=O)N2. The van der Waals surface area contributed by atoms with Gasteiger partial charge in [0.1, 0.15) is 17.4 Å². The number of nitrogens with two attached hydrogens (primary N) is 1. The fourth-order valence-corrected chi connectivity index (χ4v) is 2.16. The quantitative estimate of drug-likeness (QED) is 0.878. The Balaban J connectivity index is 1.89. The molecule has 6 heteroatoms. The number of aryl methyl sites for hydroxylation is 1. The molecule has 0 atom stereocenters. The average Bonchev–Trinajstić information content (AvgIpc) is 2.49. The van der Waals surface area contributed by atoms with Gasteiger partial charge in [-0.1, -0.05) is 0 Å². The highest BCUT2D eigenvalue weighted by molar-refractivity contribution is 5.94. The molecule has 3 N–H and O–H groups in total. The molecule has 0 bridgehead atoms. The molecule has 1 aromatic carbocycles. The minimum absolute atomic E-state index is 0.0168. The highest BCUT2D eigenvalue weighted by Crippen LogP contribution is 2.30. The summed E-state index contributed by atoms with van der Waals surface area (Å²) in [6, 6.07) is 8.86. The molecule has 0 unspecified atom stereocenters. The Labute approximate surface area is 121 Å². The van der Waals surface area contributed by atoms with Gasteiger partial charge in [-0.3, -0.25) is 4.79 Å². The second-order valence-corrected chi connectivity index (χ2v) is 4.70. The molecule has 0 radical (unpaired) electrons. The van der Waals surface area contributed by atoms with E-state index in [4.69, 9.17) is 15.7 Å². The van der Waals surface area contributed by atoms with E-state index in [0.717, 1.165) is 11.3 Å². The van der Waals surface area contributed by atoms with Gasteiger partial charge in [0.25, 0.3) is 0 Å². The Bertz CT molecular complexity index is 765. The van der Waals surface area contributed by atoms with E-state index >= 15 is 0 Å². The van der Waals surface area contributed by atoms with E-state index in [1.807, 2.05) is 12.1 Å². The summed E-state index contributed by atoms with van der Waals surface area (Å²) in [5.74, 6) is 0.799. The number of anilines is 2. The van der Waals surface area contributed by atoms with Gasteiger partial charge in [-0.15, -0.1) is 0 Å². The summed E-state index contributed by atoms with van der Waals surface area (Å²) in [5, 5.41) is 11.9. The summed E-state index contributed by atoms with van der Waals surface area (Å²) in [6.45, 7) is 0. The molecule has 3 rings (SSSR count). The van der Waals surface area contributed by atoms with Crippen LogP contribution in [0.4, 0.5) is 11.4 Å². The topological polar surface area (TPSA) is 101 Å². The fourth-order valence-electron chi connectivity index (χ4n) is 2.16. The number of nitrogen functional groups attached to an aromatic ring is 1. The summed E-state index contributed by atoms with van der Waals surface area (Å²) in [7, 11) is 0. The highest BCUT2D eigenvalue weighted by atomic mass is 16.5. The lowest BCUT2D eigenvalue weighted by Gasteiger charge is -2.17. The van der Waals surface area contributed by atoms with Crippen LogP contribution in [0.1, 0.15) is 17.5 Å². The molecule has 2 aromatic rings. The molecule has 1 aliphatic heterocycles. The molecule has 1 aromatic heterocycles. The molecule has 1 aliphatic rings. The monoisotopic (exact) mass is 280 g/mol. The van der Waals surface area contributed by atoms with Gasteiger partial charge in [0.2, 0.25) is 11.8 Å². The van der Waals surface area contributed by atoms with Crippen LogP contribution in [-0.2, 0) is 11.2 Å². The number of nitrogens with zero attached hydrogens (tertiary/aromatic N) is 2. The summed E-state index contributed by atoms with van der Waals surface area (Å²) >= 11 is 0. The van der Waals surface area contributed by atoms with Gasteiger partial charge in [-0.25, -0.2) is 4.98 Å². The third kappa shape index (κ3) is 2.62. The Morgan fingerprint density at radius 3 is 3.00 bits per heavy atom. The van der Waals surface area contributed by atoms with Crippen LogP contribution in [0.2, 0.25) is 0 Å². The molecule has 1 amide bonds. The summed E-state index contributed by atoms with van der Waals surface area (Å²) < 4.78 is 5.65. The van der Waals surface area contributed by atoms with Crippen LogP contribution < -0.4 is 15.8 Å². The van der Waals surface area contributed by atoms with Crippen molar-refractivity contribution in [3.8, 4) is 17.7 Å². The zero-order valence-corrected chi connectivity index (χ0v) is 11.1. The van der Waals surface area contributed by atoms with Gasteiger partial charge >= 0.3 is 0 Å². The standard InChI is InChI=1S/C15H12N4O2/c16-7-10-5-11(17)8-18-15(10)21-12-2-3-13-9(6-12)1-4-14(20)19-13/h2-3,5-6,8H,1,4,17H2,(H,19,20). The number of carbonyl (C=O) groups is 1. The lowest BCUT2D eigenvalue weighted by Crippen LogP contribution is -2.18. The number of benzene rings is 1. The number of ether oxygens (including phenoxy) is 1. The number of pyridine rings is 1. The second kappa shape index (κ2) is 5.13. The van der Waals surface area contributed by atoms with Crippen LogP contribution in [0.5, 0.6) is 11.6 Å². The van der Waals surface area contributed by atoms with E-state index < -0.39 is 0 Å². The van der Waals surface area contributed by atoms with Crippen LogP contribution in [0.3, 0.4) is 0 Å². The number of nitrogens with one attached hydrogen (secondary N) is 1. The second-order valence-electron chi connectivity index (χ2n) is 4.70. The molecule has 0 saturated heterocycles. The molecule has 21 heavy (non-hydrogen) atoms. The zero-order valence-electron chi connectivity index (χ0n) is 11.1. The smallest absolute Gasteiger partial charge is 0.237 e. The van der Waals surface area contributed by atoms with E-state index in [1.165, 1.54) is 12.3 Å². The van der Waals surface area contributed by atoms with Crippen molar-refractivity contribution in [3.05, 3.63) is 41.6 Å². The first-order chi connectivity index (χ1) is 10.2. The summed E-state index contributed by atoms with van der Waals surface area (Å²) in [6.07, 6.45) is 2.56. The van der Waals surface area contributed by atoms with E-state index in [1.54, 1.807) is 12.1 Å². The summed E-state index contributed by atoms with van der Waals surface area (Å²) in [4.78, 5) is 15.3. The molecular weight excluding hydrogens is 268 g/mol. The first-order valence-electron chi connectivity index (χ1n) is 6.42. The number of hydrogen-bond acceptors (Lipinski definition) is 5. The van der Waals surface area contributed by atoms with Crippen molar-refractivity contribution in [1.82, 2.24) is 4.98 Å². The Morgan fingerprint density at radius 1 is 1.33 bits per heavy atom. The number of aromatic nitrogens is 1. The first kappa shape index (κ1) is 12.9. The van der Waals surface area contributed by atoms with Gasteiger partial charge in [-0.05, 0) is 36.2 Å². The first-order valence-corrected chi connectivity index (χ1v) is 6.42. The molecule has 0 aliphatic carbocycles.